The highest BCUT2D eigenvalue weighted by atomic mass is 35.5. The molecule has 0 radical (unpaired) electrons. The molecule has 1 aromatic carbocycles. The number of carboxylic acid groups (broad SMARTS) is 1. The van der Waals surface area contributed by atoms with Crippen LogP contribution in [0.3, 0.4) is 0 Å². The van der Waals surface area contributed by atoms with E-state index in [1.54, 1.807) is 20.8 Å². The van der Waals surface area contributed by atoms with Gasteiger partial charge < -0.3 is 36.4 Å². The van der Waals surface area contributed by atoms with Crippen LogP contribution in [0.1, 0.15) is 126 Å². The Morgan fingerprint density at radius 3 is 2.12 bits per heavy atom. The quantitative estimate of drug-likeness (QED) is 0.0821. The molecule has 1 saturated heterocycles. The van der Waals surface area contributed by atoms with Crippen LogP contribution < -0.4 is 21.7 Å². The molecule has 1 aliphatic heterocycles. The van der Waals surface area contributed by atoms with E-state index >= 15 is 0 Å². The van der Waals surface area contributed by atoms with Crippen molar-refractivity contribution < 1.29 is 48.2 Å². The molecule has 2 aliphatic rings. The van der Waals surface area contributed by atoms with Crippen molar-refractivity contribution in [3.05, 3.63) is 45.5 Å². The molecular formula is C42H59Cl2N5O10. The van der Waals surface area contributed by atoms with Crippen LogP contribution in [0, 0.1) is 23.7 Å². The number of nitrogens with one attached hydrogen (secondary N) is 3. The van der Waals surface area contributed by atoms with E-state index in [4.69, 9.17) is 33.7 Å². The smallest absolute Gasteiger partial charge is 0.336 e. The monoisotopic (exact) mass is 863 g/mol. The highest BCUT2D eigenvalue weighted by Crippen LogP contribution is 2.33. The van der Waals surface area contributed by atoms with Crippen molar-refractivity contribution in [2.24, 2.45) is 29.4 Å². The summed E-state index contributed by atoms with van der Waals surface area (Å²) in [6.45, 7) is 9.25. The van der Waals surface area contributed by atoms with Gasteiger partial charge in [0.05, 0.1) is 33.8 Å². The van der Waals surface area contributed by atoms with E-state index in [9.17, 15) is 43.5 Å². The van der Waals surface area contributed by atoms with Crippen LogP contribution in [0.4, 0.5) is 0 Å². The number of amides is 5. The van der Waals surface area contributed by atoms with Gasteiger partial charge in [0.2, 0.25) is 23.6 Å². The molecule has 6 N–H and O–H groups in total. The summed E-state index contributed by atoms with van der Waals surface area (Å²) >= 11 is 12.1. The Morgan fingerprint density at radius 2 is 1.54 bits per heavy atom. The minimum Gasteiger partial charge on any atom is -0.478 e. The number of halogens is 2. The topological polar surface area (TPSA) is 231 Å². The average molecular weight is 865 g/mol. The molecule has 5 atom stereocenters. The maximum atomic E-state index is 14.3. The summed E-state index contributed by atoms with van der Waals surface area (Å²) in [5.41, 5.74) is 4.96. The number of aromatic carboxylic acids is 1. The number of nitrogens with two attached hydrogens (primary N) is 1. The fourth-order valence-electron chi connectivity index (χ4n) is 7.70. The van der Waals surface area contributed by atoms with Crippen molar-refractivity contribution in [2.45, 2.75) is 129 Å². The molecule has 1 aliphatic carbocycles. The lowest BCUT2D eigenvalue weighted by Gasteiger charge is -2.32. The van der Waals surface area contributed by atoms with Gasteiger partial charge in [-0.1, -0.05) is 76.2 Å². The first-order valence-electron chi connectivity index (χ1n) is 20.5. The summed E-state index contributed by atoms with van der Waals surface area (Å²) in [6, 6.07) is -2.25. The molecule has 1 aromatic rings. The highest BCUT2D eigenvalue weighted by Gasteiger charge is 2.41. The number of likely N-dealkylation sites (tertiary alicyclic amines) is 1. The number of primary amides is 1. The number of carbonyl (C=O) groups excluding carboxylic acids is 7. The second kappa shape index (κ2) is 23.3. The number of ketones is 1. The second-order valence-corrected chi connectivity index (χ2v) is 16.9. The summed E-state index contributed by atoms with van der Waals surface area (Å²) in [4.78, 5) is 107. The minimum absolute atomic E-state index is 0.0128. The Morgan fingerprint density at radius 1 is 0.898 bits per heavy atom. The molecule has 5 amide bonds. The molecule has 1 saturated carbocycles. The van der Waals surface area contributed by atoms with Crippen molar-refractivity contribution in [1.82, 2.24) is 20.9 Å². The van der Waals surface area contributed by atoms with Gasteiger partial charge in [0.1, 0.15) is 18.1 Å². The van der Waals surface area contributed by atoms with E-state index in [1.165, 1.54) is 17.1 Å². The summed E-state index contributed by atoms with van der Waals surface area (Å²) in [5, 5.41) is 17.7. The minimum atomic E-state index is -1.46. The van der Waals surface area contributed by atoms with Gasteiger partial charge in [0.15, 0.2) is 5.78 Å². The van der Waals surface area contributed by atoms with Crippen molar-refractivity contribution >= 4 is 70.5 Å². The first-order valence-corrected chi connectivity index (χ1v) is 21.2. The molecule has 0 aromatic heterocycles. The van der Waals surface area contributed by atoms with Crippen molar-refractivity contribution in [3.8, 4) is 0 Å². The van der Waals surface area contributed by atoms with Gasteiger partial charge in [0.25, 0.3) is 5.91 Å². The normalized spacial score (nSPS) is 17.9. The molecule has 1 heterocycles. The van der Waals surface area contributed by atoms with Crippen LogP contribution >= 0.6 is 23.2 Å². The van der Waals surface area contributed by atoms with Crippen molar-refractivity contribution in [2.75, 3.05) is 13.2 Å². The standard InChI is InChI=1S/C42H59Cl2N5O10/c1-6-59-35(51)17-11-10-15-31(46-38(53)27-20-29(43)30(44)21-28(27)42(57)58)39(54)48-36(24(4)5)41(56)49-18-12-16-33(49)40(55)47-32(19-23(2)3)34(50)22-26(37(45)52)25-13-8-7-9-14-25/h11,17,20-21,23-26,31-33,36H,6-10,12-16,18-19,22H2,1-5H3,(H2,45,52)(H,46,53)(H,47,55)(H,48,54)(H,57,58)/b17-11+/t26-,31-,32-,33-,36-/m0/s1. The van der Waals surface area contributed by atoms with Gasteiger partial charge in [-0.25, -0.2) is 9.59 Å². The van der Waals surface area contributed by atoms with Crippen LogP contribution in [-0.2, 0) is 33.5 Å². The number of carboxylic acids is 1. The Hall–Kier alpha value is -4.50. The number of carbonyl (C=O) groups is 8. The predicted octanol–water partition coefficient (Wildman–Crippen LogP) is 4.99. The molecule has 0 unspecified atom stereocenters. The van der Waals surface area contributed by atoms with Crippen LogP contribution in [0.15, 0.2) is 24.3 Å². The summed E-state index contributed by atoms with van der Waals surface area (Å²) in [7, 11) is 0. The lowest BCUT2D eigenvalue weighted by atomic mass is 9.76. The third-order valence-electron chi connectivity index (χ3n) is 10.8. The summed E-state index contributed by atoms with van der Waals surface area (Å²) < 4.78 is 4.89. The van der Waals surface area contributed by atoms with Crippen LogP contribution in [0.5, 0.6) is 0 Å². The largest absolute Gasteiger partial charge is 0.478 e. The molecule has 0 spiro atoms. The van der Waals surface area contributed by atoms with Gasteiger partial charge in [-0.05, 0) is 81.8 Å². The van der Waals surface area contributed by atoms with Gasteiger partial charge in [-0.2, -0.15) is 0 Å². The van der Waals surface area contributed by atoms with E-state index in [-0.39, 0.29) is 65.6 Å². The zero-order valence-electron chi connectivity index (χ0n) is 34.5. The zero-order valence-corrected chi connectivity index (χ0v) is 36.0. The maximum Gasteiger partial charge on any atom is 0.336 e. The molecule has 2 fully saturated rings. The third-order valence-corrected chi connectivity index (χ3v) is 11.5. The number of nitrogens with zero attached hydrogens (tertiary/aromatic N) is 1. The molecular weight excluding hydrogens is 805 g/mol. The Balaban J connectivity index is 1.83. The predicted molar refractivity (Wildman–Crippen MR) is 221 cm³/mol. The fourth-order valence-corrected chi connectivity index (χ4v) is 8.03. The van der Waals surface area contributed by atoms with E-state index in [0.717, 1.165) is 44.2 Å². The summed E-state index contributed by atoms with van der Waals surface area (Å²) in [5.74, 6) is -6.77. The fraction of sp³-hybridized carbons (Fsp3) is 0.619. The number of hydrogen-bond acceptors (Lipinski definition) is 9. The van der Waals surface area contributed by atoms with Gasteiger partial charge in [-0.3, -0.25) is 28.8 Å². The van der Waals surface area contributed by atoms with Gasteiger partial charge in [-0.15, -0.1) is 0 Å². The maximum absolute atomic E-state index is 14.3. The van der Waals surface area contributed by atoms with E-state index < -0.39 is 83.0 Å². The van der Waals surface area contributed by atoms with E-state index in [2.05, 4.69) is 16.0 Å². The zero-order chi connectivity index (χ0) is 44.0. The number of allylic oxidation sites excluding steroid dienone is 1. The molecule has 59 heavy (non-hydrogen) atoms. The Labute approximate surface area is 355 Å². The Bertz CT molecular complexity index is 1750. The molecule has 326 valence electrons. The summed E-state index contributed by atoms with van der Waals surface area (Å²) in [6.07, 6.45) is 8.32. The Kier molecular flexibility index (Phi) is 19.3. The third kappa shape index (κ3) is 14.3. The number of Topliss-reactive ketones (excluding diaryl/α,β-unsaturated/α-hetero) is 1. The second-order valence-electron chi connectivity index (χ2n) is 16.1. The first-order chi connectivity index (χ1) is 27.9. The van der Waals surface area contributed by atoms with Crippen LogP contribution in [0.25, 0.3) is 0 Å². The number of esters is 1. The van der Waals surface area contributed by atoms with E-state index in [1.807, 2.05) is 13.8 Å². The average Bonchev–Trinajstić information content (AvgIpc) is 3.67. The lowest BCUT2D eigenvalue weighted by Crippen LogP contribution is -2.59. The van der Waals surface area contributed by atoms with Gasteiger partial charge >= 0.3 is 11.9 Å². The lowest BCUT2D eigenvalue weighted by molar-refractivity contribution is -0.143. The van der Waals surface area contributed by atoms with E-state index in [0.29, 0.717) is 19.3 Å². The van der Waals surface area contributed by atoms with Crippen molar-refractivity contribution in [1.29, 1.82) is 0 Å². The first kappa shape index (κ1) is 48.9. The molecule has 17 heteroatoms. The van der Waals surface area contributed by atoms with Gasteiger partial charge in [0, 0.05) is 25.0 Å². The number of rotatable bonds is 21. The number of hydrogen-bond donors (Lipinski definition) is 5. The molecule has 15 nitrogen and oxygen atoms in total. The molecule has 3 rings (SSSR count). The van der Waals surface area contributed by atoms with Crippen LogP contribution in [-0.4, -0.2) is 94.6 Å². The number of benzene rings is 1. The molecule has 0 bridgehead atoms. The highest BCUT2D eigenvalue weighted by molar-refractivity contribution is 6.42. The van der Waals surface area contributed by atoms with Crippen LogP contribution in [0.2, 0.25) is 10.0 Å². The number of ether oxygens (including phenoxy) is 1. The SMILES string of the molecule is CCOC(=O)/C=C/CC[C@H](NC(=O)c1cc(Cl)c(Cl)cc1C(=O)O)C(=O)N[C@H](C(=O)N1CCC[C@H]1C(=O)N[C@@H](CC(C)C)C(=O)C[C@H](C(N)=O)C1CCCCC1)C(C)C. The van der Waals surface area contributed by atoms with Crippen molar-refractivity contribution in [3.63, 3.8) is 0 Å².